The summed E-state index contributed by atoms with van der Waals surface area (Å²) in [5.74, 6) is -0.365. The maximum atomic E-state index is 12.4. The number of benzene rings is 1. The van der Waals surface area contributed by atoms with Gasteiger partial charge in [-0.15, -0.1) is 0 Å². The molecule has 5 nitrogen and oxygen atoms in total. The molecule has 0 saturated carbocycles. The second kappa shape index (κ2) is 5.59. The Hall–Kier alpha value is -2.42. The maximum Gasteiger partial charge on any atom is 0.534 e. The van der Waals surface area contributed by atoms with Crippen LogP contribution in [0.1, 0.15) is 11.3 Å². The zero-order chi connectivity index (χ0) is 17.5. The summed E-state index contributed by atoms with van der Waals surface area (Å²) in [5.41, 5.74) is -2.63. The number of H-pyrrole nitrogens is 1. The van der Waals surface area contributed by atoms with Crippen LogP contribution in [0.5, 0.6) is 5.75 Å². The molecule has 0 atom stereocenters. The van der Waals surface area contributed by atoms with Crippen LogP contribution in [0.15, 0.2) is 42.5 Å². The normalized spacial score (nSPS) is 12.7. The van der Waals surface area contributed by atoms with E-state index in [4.69, 9.17) is 0 Å². The highest BCUT2D eigenvalue weighted by atomic mass is 32.2. The van der Waals surface area contributed by atoms with Gasteiger partial charge >= 0.3 is 15.6 Å². The van der Waals surface area contributed by atoms with Crippen molar-refractivity contribution in [2.45, 2.75) is 19.0 Å². The number of hydrogen-bond acceptors (Lipinski definition) is 3. The molecule has 0 saturated heterocycles. The van der Waals surface area contributed by atoms with Crippen molar-refractivity contribution in [3.05, 3.63) is 53.7 Å². The average Bonchev–Trinajstić information content (AvgIpc) is 3.00. The van der Waals surface area contributed by atoms with E-state index in [0.717, 1.165) is 5.56 Å². The number of alkyl halides is 3. The molecule has 0 radical (unpaired) electrons. The Kier molecular flexibility index (Phi) is 3.83. The molecule has 1 N–H and O–H groups in total. The van der Waals surface area contributed by atoms with Crippen molar-refractivity contribution >= 4 is 10.1 Å². The minimum atomic E-state index is -5.68. The first-order chi connectivity index (χ1) is 11.2. The molecule has 24 heavy (non-hydrogen) atoms. The van der Waals surface area contributed by atoms with E-state index < -0.39 is 15.6 Å². The number of nitrogens with one attached hydrogen (secondary N) is 1. The van der Waals surface area contributed by atoms with E-state index in [1.54, 1.807) is 11.6 Å². The highest BCUT2D eigenvalue weighted by molar-refractivity contribution is 7.88. The Bertz CT molecular complexity index is 927. The van der Waals surface area contributed by atoms with Crippen LogP contribution in [0.3, 0.4) is 0 Å². The quantitative estimate of drug-likeness (QED) is 0.573. The predicted molar refractivity (Wildman–Crippen MR) is 81.3 cm³/mol. The Morgan fingerprint density at radius 2 is 1.83 bits per heavy atom. The summed E-state index contributed by atoms with van der Waals surface area (Å²) < 4.78 is 65.4. The minimum absolute atomic E-state index is 0.365. The molecule has 3 rings (SSSR count). The van der Waals surface area contributed by atoms with Gasteiger partial charge in [0.05, 0.1) is 12.2 Å². The minimum Gasteiger partial charge on any atom is -0.376 e. The summed E-state index contributed by atoms with van der Waals surface area (Å²) in [6.45, 7) is 2.20. The van der Waals surface area contributed by atoms with Gasteiger partial charge < -0.3 is 9.28 Å². The fourth-order valence-electron chi connectivity index (χ4n) is 2.43. The lowest BCUT2D eigenvalue weighted by Crippen LogP contribution is -2.27. The number of fused-ring (bicyclic) bond motifs is 1. The Morgan fingerprint density at radius 3 is 2.46 bits per heavy atom. The number of aromatic nitrogens is 2. The number of hydrogen-bond donors (Lipinski definition) is 1. The van der Waals surface area contributed by atoms with Crippen LogP contribution < -0.4 is 4.18 Å². The monoisotopic (exact) mass is 358 g/mol. The van der Waals surface area contributed by atoms with Crippen molar-refractivity contribution in [2.24, 2.45) is 0 Å². The Morgan fingerprint density at radius 1 is 1.17 bits per heavy atom. The molecule has 0 unspecified atom stereocenters. The van der Waals surface area contributed by atoms with Gasteiger partial charge in [-0.3, -0.25) is 4.68 Å². The van der Waals surface area contributed by atoms with Gasteiger partial charge in [-0.2, -0.15) is 21.6 Å². The second-order valence-corrected chi connectivity index (χ2v) is 6.82. The number of halogens is 3. The molecular weight excluding hydrogens is 345 g/mol. The number of aromatic amines is 1. The van der Waals surface area contributed by atoms with E-state index in [1.165, 1.54) is 12.1 Å². The summed E-state index contributed by atoms with van der Waals surface area (Å²) in [6, 6.07) is 12.0. The SMILES string of the molecule is Cc1[nH]n(Cc2ccccc2)c2cc(OS(=O)(=O)C(F)(F)F)cc1-2. The number of aryl methyl sites for hydroxylation is 1. The molecule has 1 aromatic carbocycles. The van der Waals surface area contributed by atoms with Crippen LogP contribution in [-0.4, -0.2) is 23.7 Å². The lowest BCUT2D eigenvalue weighted by Gasteiger charge is -2.08. The third-order valence-electron chi connectivity index (χ3n) is 3.51. The molecular formula is C15H13F3N2O3S. The van der Waals surface area contributed by atoms with Crippen molar-refractivity contribution in [3.63, 3.8) is 0 Å². The molecule has 1 aromatic rings. The first-order valence-electron chi connectivity index (χ1n) is 6.91. The molecule has 0 amide bonds. The van der Waals surface area contributed by atoms with Gasteiger partial charge in [-0.1, -0.05) is 30.3 Å². The second-order valence-electron chi connectivity index (χ2n) is 5.28. The van der Waals surface area contributed by atoms with Crippen molar-refractivity contribution in [2.75, 3.05) is 0 Å². The van der Waals surface area contributed by atoms with Crippen molar-refractivity contribution < 1.29 is 25.8 Å². The van der Waals surface area contributed by atoms with Crippen LogP contribution in [0.25, 0.3) is 11.3 Å². The van der Waals surface area contributed by atoms with Crippen molar-refractivity contribution in [1.82, 2.24) is 9.78 Å². The molecule has 0 spiro atoms. The fourth-order valence-corrected chi connectivity index (χ4v) is 2.87. The van der Waals surface area contributed by atoms with E-state index in [1.807, 2.05) is 30.3 Å². The molecule has 9 heteroatoms. The summed E-state index contributed by atoms with van der Waals surface area (Å²) in [7, 11) is -5.68. The van der Waals surface area contributed by atoms with Crippen molar-refractivity contribution in [3.8, 4) is 17.0 Å². The highest BCUT2D eigenvalue weighted by Gasteiger charge is 2.48. The Balaban J connectivity index is 1.94. The van der Waals surface area contributed by atoms with E-state index >= 15 is 0 Å². The van der Waals surface area contributed by atoms with Gasteiger partial charge in [-0.05, 0) is 18.6 Å². The third kappa shape index (κ3) is 2.99. The molecule has 1 aliphatic heterocycles. The smallest absolute Gasteiger partial charge is 0.376 e. The van der Waals surface area contributed by atoms with Crippen LogP contribution in [0.2, 0.25) is 0 Å². The van der Waals surface area contributed by atoms with Crippen LogP contribution >= 0.6 is 0 Å². The van der Waals surface area contributed by atoms with Crippen LogP contribution in [0.4, 0.5) is 13.2 Å². The van der Waals surface area contributed by atoms with Gasteiger partial charge in [0.15, 0.2) is 0 Å². The van der Waals surface area contributed by atoms with Crippen LogP contribution in [0, 0.1) is 6.92 Å². The molecule has 0 fully saturated rings. The summed E-state index contributed by atoms with van der Waals surface area (Å²) in [6.07, 6.45) is 0. The number of rotatable bonds is 4. The van der Waals surface area contributed by atoms with Gasteiger partial charge in [0.2, 0.25) is 0 Å². The van der Waals surface area contributed by atoms with Gasteiger partial charge in [0, 0.05) is 17.3 Å². The lowest BCUT2D eigenvalue weighted by molar-refractivity contribution is -0.0499. The first-order valence-corrected chi connectivity index (χ1v) is 8.32. The number of nitrogens with zero attached hydrogens (tertiary/aromatic N) is 1. The van der Waals surface area contributed by atoms with Crippen LogP contribution in [-0.2, 0) is 16.7 Å². The van der Waals surface area contributed by atoms with Gasteiger partial charge in [-0.25, -0.2) is 0 Å². The lowest BCUT2D eigenvalue weighted by atomic mass is 10.2. The molecule has 2 aliphatic rings. The van der Waals surface area contributed by atoms with Gasteiger partial charge in [0.25, 0.3) is 0 Å². The standard InChI is InChI=1S/C15H13F3N2O3S/c1-10-13-7-12(23-24(21,22)15(16,17)18)8-14(13)20(19-10)9-11-5-3-2-4-6-11/h2-8,19H,9H2,1H3. The molecule has 1 aliphatic carbocycles. The zero-order valence-electron chi connectivity index (χ0n) is 12.5. The van der Waals surface area contributed by atoms with Crippen molar-refractivity contribution in [1.29, 1.82) is 0 Å². The summed E-state index contributed by atoms with van der Waals surface area (Å²) in [4.78, 5) is 0. The first kappa shape index (κ1) is 16.4. The zero-order valence-corrected chi connectivity index (χ0v) is 13.3. The van der Waals surface area contributed by atoms with E-state index in [2.05, 4.69) is 9.28 Å². The molecule has 0 bridgehead atoms. The third-order valence-corrected chi connectivity index (χ3v) is 4.49. The molecule has 128 valence electrons. The van der Waals surface area contributed by atoms with E-state index in [-0.39, 0.29) is 5.75 Å². The summed E-state index contributed by atoms with van der Waals surface area (Å²) in [5, 5.41) is 3.09. The highest BCUT2D eigenvalue weighted by Crippen LogP contribution is 2.36. The average molecular weight is 358 g/mol. The molecule has 1 heterocycles. The summed E-state index contributed by atoms with van der Waals surface area (Å²) >= 11 is 0. The fraction of sp³-hybridized carbons (Fsp3) is 0.200. The topological polar surface area (TPSA) is 64.1 Å². The molecule has 0 aromatic heterocycles. The largest absolute Gasteiger partial charge is 0.534 e. The predicted octanol–water partition coefficient (Wildman–Crippen LogP) is 3.51. The van der Waals surface area contributed by atoms with E-state index in [9.17, 15) is 21.6 Å². The van der Waals surface area contributed by atoms with E-state index in [0.29, 0.717) is 23.5 Å². The van der Waals surface area contributed by atoms with Gasteiger partial charge in [0.1, 0.15) is 5.75 Å². The maximum absolute atomic E-state index is 12.4. The Labute approximate surface area is 136 Å².